The number of rotatable bonds is 5. The van der Waals surface area contributed by atoms with Crippen molar-refractivity contribution in [1.29, 1.82) is 0 Å². The summed E-state index contributed by atoms with van der Waals surface area (Å²) >= 11 is 0. The molecule has 3 rings (SSSR count). The molecule has 2 aromatic rings. The molecule has 0 radical (unpaired) electrons. The molecule has 5 heteroatoms. The highest BCUT2D eigenvalue weighted by molar-refractivity contribution is 5.96. The van der Waals surface area contributed by atoms with Crippen molar-refractivity contribution in [2.24, 2.45) is 0 Å². The first-order valence-electron chi connectivity index (χ1n) is 7.35. The Kier molecular flexibility index (Phi) is 4.19. The molecule has 1 aromatic heterocycles. The molecule has 0 bridgehead atoms. The highest BCUT2D eigenvalue weighted by Gasteiger charge is 2.20. The van der Waals surface area contributed by atoms with Gasteiger partial charge in [-0.3, -0.25) is 4.79 Å². The van der Waals surface area contributed by atoms with Gasteiger partial charge in [0.2, 0.25) is 5.88 Å². The van der Waals surface area contributed by atoms with Crippen LogP contribution in [0, 0.1) is 0 Å². The maximum absolute atomic E-state index is 12.1. The highest BCUT2D eigenvalue weighted by Crippen LogP contribution is 2.21. The molecule has 0 spiro atoms. The average molecular weight is 285 g/mol. The predicted molar refractivity (Wildman–Crippen MR) is 79.4 cm³/mol. The van der Waals surface area contributed by atoms with E-state index >= 15 is 0 Å². The van der Waals surface area contributed by atoms with E-state index in [2.05, 4.69) is 22.5 Å². The summed E-state index contributed by atoms with van der Waals surface area (Å²) in [4.78, 5) is 12.1. The summed E-state index contributed by atoms with van der Waals surface area (Å²) in [6, 6.07) is 10.3. The number of benzene rings is 1. The van der Waals surface area contributed by atoms with Crippen molar-refractivity contribution >= 4 is 5.91 Å². The number of hydrogen-bond acceptors (Lipinski definition) is 3. The molecule has 1 N–H and O–H groups in total. The molecule has 2 heterocycles. The molecular weight excluding hydrogens is 266 g/mol. The maximum Gasteiger partial charge on any atom is 0.258 e. The second-order valence-electron chi connectivity index (χ2n) is 5.13. The molecule has 0 fully saturated rings. The number of carbonyl (C=O) groups excluding carboxylic acids is 1. The summed E-state index contributed by atoms with van der Waals surface area (Å²) in [6.45, 7) is 2.12. The zero-order valence-corrected chi connectivity index (χ0v) is 11.9. The van der Waals surface area contributed by atoms with Gasteiger partial charge < -0.3 is 10.1 Å². The Labute approximate surface area is 123 Å². The van der Waals surface area contributed by atoms with Crippen LogP contribution >= 0.6 is 0 Å². The van der Waals surface area contributed by atoms with E-state index in [4.69, 9.17) is 4.74 Å². The SMILES string of the molecule is O=C(NCCCc1ccccc1)c1cnn2c1OCCC2. The number of nitrogens with one attached hydrogen (secondary N) is 1. The van der Waals surface area contributed by atoms with Crippen molar-refractivity contribution in [2.45, 2.75) is 25.8 Å². The van der Waals surface area contributed by atoms with Crippen LogP contribution in [0.15, 0.2) is 36.5 Å². The molecule has 0 atom stereocenters. The van der Waals surface area contributed by atoms with E-state index in [9.17, 15) is 4.79 Å². The van der Waals surface area contributed by atoms with Gasteiger partial charge in [0.05, 0.1) is 12.8 Å². The molecule has 0 aliphatic carbocycles. The number of aryl methyl sites for hydroxylation is 2. The second kappa shape index (κ2) is 6.43. The van der Waals surface area contributed by atoms with Crippen LogP contribution in [-0.2, 0) is 13.0 Å². The van der Waals surface area contributed by atoms with Gasteiger partial charge in [-0.15, -0.1) is 0 Å². The second-order valence-corrected chi connectivity index (χ2v) is 5.13. The summed E-state index contributed by atoms with van der Waals surface area (Å²) in [6.07, 6.45) is 4.41. The molecule has 110 valence electrons. The van der Waals surface area contributed by atoms with Crippen LogP contribution in [0.4, 0.5) is 0 Å². The predicted octanol–water partition coefficient (Wildman–Crippen LogP) is 2.03. The number of fused-ring (bicyclic) bond motifs is 1. The van der Waals surface area contributed by atoms with E-state index in [0.717, 1.165) is 25.8 Å². The molecule has 1 aliphatic heterocycles. The van der Waals surface area contributed by atoms with Crippen LogP contribution in [0.5, 0.6) is 5.88 Å². The number of aromatic nitrogens is 2. The van der Waals surface area contributed by atoms with Crippen LogP contribution in [0.2, 0.25) is 0 Å². The smallest absolute Gasteiger partial charge is 0.258 e. The van der Waals surface area contributed by atoms with E-state index in [1.165, 1.54) is 5.56 Å². The Morgan fingerprint density at radius 2 is 2.19 bits per heavy atom. The number of hydrogen-bond donors (Lipinski definition) is 1. The summed E-state index contributed by atoms with van der Waals surface area (Å²) in [5, 5.41) is 7.12. The molecule has 5 nitrogen and oxygen atoms in total. The summed E-state index contributed by atoms with van der Waals surface area (Å²) < 4.78 is 7.28. The first kappa shape index (κ1) is 13.7. The van der Waals surface area contributed by atoms with Crippen molar-refractivity contribution in [2.75, 3.05) is 13.2 Å². The third-order valence-corrected chi connectivity index (χ3v) is 3.56. The molecular formula is C16H19N3O2. The van der Waals surface area contributed by atoms with Crippen LogP contribution in [0.25, 0.3) is 0 Å². The van der Waals surface area contributed by atoms with Gasteiger partial charge in [0.15, 0.2) is 0 Å². The topological polar surface area (TPSA) is 56.2 Å². The Hall–Kier alpha value is -2.30. The molecule has 0 saturated heterocycles. The van der Waals surface area contributed by atoms with Gasteiger partial charge in [0.1, 0.15) is 5.56 Å². The lowest BCUT2D eigenvalue weighted by molar-refractivity contribution is 0.0946. The summed E-state index contributed by atoms with van der Waals surface area (Å²) in [5.41, 5.74) is 1.83. The monoisotopic (exact) mass is 285 g/mol. The van der Waals surface area contributed by atoms with E-state index in [1.807, 2.05) is 18.2 Å². The molecule has 0 saturated carbocycles. The normalized spacial score (nSPS) is 13.3. The Bertz CT molecular complexity index is 607. The van der Waals surface area contributed by atoms with E-state index in [0.29, 0.717) is 24.6 Å². The van der Waals surface area contributed by atoms with Crippen molar-refractivity contribution in [3.8, 4) is 5.88 Å². The third-order valence-electron chi connectivity index (χ3n) is 3.56. The average Bonchev–Trinajstić information content (AvgIpc) is 2.96. The van der Waals surface area contributed by atoms with Gasteiger partial charge in [-0.25, -0.2) is 4.68 Å². The largest absolute Gasteiger partial charge is 0.477 e. The van der Waals surface area contributed by atoms with Gasteiger partial charge in [-0.1, -0.05) is 30.3 Å². The number of carbonyl (C=O) groups is 1. The van der Waals surface area contributed by atoms with Crippen molar-refractivity contribution in [3.05, 3.63) is 47.7 Å². The molecule has 0 unspecified atom stereocenters. The fourth-order valence-corrected chi connectivity index (χ4v) is 2.46. The molecule has 1 amide bonds. The first-order valence-corrected chi connectivity index (χ1v) is 7.35. The van der Waals surface area contributed by atoms with Gasteiger partial charge >= 0.3 is 0 Å². The van der Waals surface area contributed by atoms with E-state index in [1.54, 1.807) is 10.9 Å². The molecule has 1 aliphatic rings. The number of ether oxygens (including phenoxy) is 1. The van der Waals surface area contributed by atoms with Crippen LogP contribution < -0.4 is 10.1 Å². The van der Waals surface area contributed by atoms with Crippen LogP contribution in [0.1, 0.15) is 28.8 Å². The third kappa shape index (κ3) is 3.24. The van der Waals surface area contributed by atoms with Gasteiger partial charge in [-0.2, -0.15) is 5.10 Å². The van der Waals surface area contributed by atoms with E-state index in [-0.39, 0.29) is 5.91 Å². The van der Waals surface area contributed by atoms with E-state index < -0.39 is 0 Å². The standard InChI is InChI=1S/C16H19N3O2/c20-15(14-12-18-19-10-5-11-21-16(14)19)17-9-4-8-13-6-2-1-3-7-13/h1-3,6-7,12H,4-5,8-11H2,(H,17,20). The fraction of sp³-hybridized carbons (Fsp3) is 0.375. The zero-order chi connectivity index (χ0) is 14.5. The minimum Gasteiger partial charge on any atom is -0.477 e. The Morgan fingerprint density at radius 1 is 1.33 bits per heavy atom. The summed E-state index contributed by atoms with van der Waals surface area (Å²) in [7, 11) is 0. The Balaban J connectivity index is 1.49. The molecule has 1 aromatic carbocycles. The highest BCUT2D eigenvalue weighted by atomic mass is 16.5. The van der Waals surface area contributed by atoms with Gasteiger partial charge in [0, 0.05) is 19.5 Å². The Morgan fingerprint density at radius 3 is 3.05 bits per heavy atom. The minimum atomic E-state index is -0.105. The lowest BCUT2D eigenvalue weighted by Crippen LogP contribution is -2.26. The zero-order valence-electron chi connectivity index (χ0n) is 11.9. The van der Waals surface area contributed by atoms with Gasteiger partial charge in [0.25, 0.3) is 5.91 Å². The van der Waals surface area contributed by atoms with Crippen LogP contribution in [-0.4, -0.2) is 28.8 Å². The first-order chi connectivity index (χ1) is 10.3. The van der Waals surface area contributed by atoms with Crippen molar-refractivity contribution in [1.82, 2.24) is 15.1 Å². The van der Waals surface area contributed by atoms with Crippen molar-refractivity contribution < 1.29 is 9.53 Å². The maximum atomic E-state index is 12.1. The van der Waals surface area contributed by atoms with Crippen molar-refractivity contribution in [3.63, 3.8) is 0 Å². The quantitative estimate of drug-likeness (QED) is 0.855. The minimum absolute atomic E-state index is 0.105. The van der Waals surface area contributed by atoms with Crippen LogP contribution in [0.3, 0.4) is 0 Å². The van der Waals surface area contributed by atoms with Gasteiger partial charge in [-0.05, 0) is 18.4 Å². The lowest BCUT2D eigenvalue weighted by Gasteiger charge is -2.15. The lowest BCUT2D eigenvalue weighted by atomic mass is 10.1. The molecule has 21 heavy (non-hydrogen) atoms. The number of nitrogens with zero attached hydrogens (tertiary/aromatic N) is 2. The summed E-state index contributed by atoms with van der Waals surface area (Å²) in [5.74, 6) is 0.494. The fourth-order valence-electron chi connectivity index (χ4n) is 2.46. The number of amides is 1.